The van der Waals surface area contributed by atoms with Crippen LogP contribution in [0, 0.1) is 23.0 Å². The summed E-state index contributed by atoms with van der Waals surface area (Å²) < 4.78 is 0. The van der Waals surface area contributed by atoms with Crippen LogP contribution in [0.3, 0.4) is 0 Å². The van der Waals surface area contributed by atoms with Gasteiger partial charge in [-0.1, -0.05) is 43.1 Å². The van der Waals surface area contributed by atoms with Crippen LogP contribution in [0.2, 0.25) is 10.0 Å². The van der Waals surface area contributed by atoms with Crippen LogP contribution >= 0.6 is 23.2 Å². The molecule has 0 spiro atoms. The molecule has 0 bridgehead atoms. The summed E-state index contributed by atoms with van der Waals surface area (Å²) in [5, 5.41) is 16.6. The van der Waals surface area contributed by atoms with Gasteiger partial charge in [-0.25, -0.2) is 0 Å². The van der Waals surface area contributed by atoms with Crippen molar-refractivity contribution in [2.75, 3.05) is 5.32 Å². The van der Waals surface area contributed by atoms with Crippen LogP contribution in [0.4, 0.5) is 11.4 Å². The Kier molecular flexibility index (Phi) is 6.99. The summed E-state index contributed by atoms with van der Waals surface area (Å²) in [6.07, 6.45) is 0. The Bertz CT molecular complexity index is 931. The van der Waals surface area contributed by atoms with Crippen molar-refractivity contribution in [2.45, 2.75) is 26.8 Å². The molecule has 9 heteroatoms. The number of anilines is 1. The molecule has 1 atom stereocenters. The average Bonchev–Trinajstić information content (AvgIpc) is 2.61. The Hall–Kier alpha value is -2.64. The number of hydrogen-bond donors (Lipinski definition) is 2. The molecule has 0 aliphatic heterocycles. The van der Waals surface area contributed by atoms with Gasteiger partial charge in [-0.15, -0.1) is 0 Å². The second-order valence-electron chi connectivity index (χ2n) is 6.56. The highest BCUT2D eigenvalue weighted by Gasteiger charge is 2.26. The molecule has 148 valence electrons. The summed E-state index contributed by atoms with van der Waals surface area (Å²) in [5.41, 5.74) is 1.19. The number of amides is 2. The molecule has 0 radical (unpaired) electrons. The molecular formula is C19H19Cl2N3O4. The number of nitro benzene ring substituents is 1. The minimum atomic E-state index is -0.850. The molecule has 2 amide bonds. The van der Waals surface area contributed by atoms with E-state index in [-0.39, 0.29) is 22.2 Å². The third-order valence-corrected chi connectivity index (χ3v) is 4.65. The van der Waals surface area contributed by atoms with Gasteiger partial charge >= 0.3 is 0 Å². The summed E-state index contributed by atoms with van der Waals surface area (Å²) in [4.78, 5) is 35.5. The number of aryl methyl sites for hydroxylation is 1. The normalized spacial score (nSPS) is 11.8. The average molecular weight is 424 g/mol. The Morgan fingerprint density at radius 1 is 1.11 bits per heavy atom. The summed E-state index contributed by atoms with van der Waals surface area (Å²) in [5.74, 6) is -1.23. The number of carbonyl (C=O) groups is 2. The third kappa shape index (κ3) is 5.21. The lowest BCUT2D eigenvalue weighted by atomic mass is 10.0. The fraction of sp³-hybridized carbons (Fsp3) is 0.263. The monoisotopic (exact) mass is 423 g/mol. The summed E-state index contributed by atoms with van der Waals surface area (Å²) >= 11 is 12.0. The zero-order valence-electron chi connectivity index (χ0n) is 15.5. The van der Waals surface area contributed by atoms with Gasteiger partial charge in [0, 0.05) is 22.8 Å². The minimum Gasteiger partial charge on any atom is -0.340 e. The quantitative estimate of drug-likeness (QED) is 0.523. The molecule has 0 fully saturated rings. The van der Waals surface area contributed by atoms with E-state index < -0.39 is 22.8 Å². The van der Waals surface area contributed by atoms with E-state index in [9.17, 15) is 19.7 Å². The first-order valence-corrected chi connectivity index (χ1v) is 9.17. The van der Waals surface area contributed by atoms with Crippen LogP contribution in [0.15, 0.2) is 36.4 Å². The number of halogens is 2. The topological polar surface area (TPSA) is 101 Å². The van der Waals surface area contributed by atoms with Gasteiger partial charge in [-0.05, 0) is 36.6 Å². The van der Waals surface area contributed by atoms with Crippen molar-refractivity contribution in [2.24, 2.45) is 5.92 Å². The van der Waals surface area contributed by atoms with Gasteiger partial charge in [0.2, 0.25) is 5.91 Å². The molecule has 28 heavy (non-hydrogen) atoms. The highest BCUT2D eigenvalue weighted by atomic mass is 35.5. The SMILES string of the molecule is Cc1ccc(Cl)cc1NC(=O)C(NC(=O)c1ccc([N+](=O)[O-])cc1Cl)C(C)C. The number of carbonyl (C=O) groups excluding carboxylic acids is 2. The largest absolute Gasteiger partial charge is 0.340 e. The van der Waals surface area contributed by atoms with Crippen LogP contribution < -0.4 is 10.6 Å². The first kappa shape index (κ1) is 21.7. The maximum Gasteiger partial charge on any atom is 0.270 e. The second-order valence-corrected chi connectivity index (χ2v) is 7.41. The smallest absolute Gasteiger partial charge is 0.270 e. The van der Waals surface area contributed by atoms with Crippen molar-refractivity contribution in [3.63, 3.8) is 0 Å². The van der Waals surface area contributed by atoms with Crippen LogP contribution in [0.25, 0.3) is 0 Å². The number of rotatable bonds is 6. The van der Waals surface area contributed by atoms with Gasteiger partial charge in [-0.3, -0.25) is 19.7 Å². The fourth-order valence-electron chi connectivity index (χ4n) is 2.50. The van der Waals surface area contributed by atoms with Crippen molar-refractivity contribution < 1.29 is 14.5 Å². The molecule has 0 aliphatic carbocycles. The number of benzene rings is 2. The Morgan fingerprint density at radius 3 is 2.36 bits per heavy atom. The Balaban J connectivity index is 2.20. The summed E-state index contributed by atoms with van der Waals surface area (Å²) in [6.45, 7) is 5.39. The number of non-ortho nitro benzene ring substituents is 1. The molecule has 2 rings (SSSR count). The first-order chi connectivity index (χ1) is 13.1. The molecule has 2 aromatic carbocycles. The third-order valence-electron chi connectivity index (χ3n) is 4.10. The number of hydrogen-bond acceptors (Lipinski definition) is 4. The van der Waals surface area contributed by atoms with Crippen LogP contribution in [-0.2, 0) is 4.79 Å². The molecule has 1 unspecified atom stereocenters. The van der Waals surface area contributed by atoms with E-state index >= 15 is 0 Å². The molecule has 7 nitrogen and oxygen atoms in total. The van der Waals surface area contributed by atoms with E-state index in [1.165, 1.54) is 12.1 Å². The van der Waals surface area contributed by atoms with Gasteiger partial charge in [0.05, 0.1) is 15.5 Å². The Labute approximate surface area is 172 Å². The fourth-order valence-corrected chi connectivity index (χ4v) is 2.93. The van der Waals surface area contributed by atoms with E-state index in [4.69, 9.17) is 23.2 Å². The van der Waals surface area contributed by atoms with Gasteiger partial charge in [0.15, 0.2) is 0 Å². The van der Waals surface area contributed by atoms with Gasteiger partial charge < -0.3 is 10.6 Å². The zero-order chi connectivity index (χ0) is 21.0. The minimum absolute atomic E-state index is 0.0460. The summed E-state index contributed by atoms with van der Waals surface area (Å²) in [6, 6.07) is 7.80. The Morgan fingerprint density at radius 2 is 1.79 bits per heavy atom. The standard InChI is InChI=1S/C19H19Cl2N3O4/c1-10(2)17(19(26)22-16-8-12(20)5-4-11(16)3)23-18(25)14-7-6-13(24(27)28)9-15(14)21/h4-10,17H,1-3H3,(H,22,26)(H,23,25). The number of nitrogens with one attached hydrogen (secondary N) is 2. The maximum absolute atomic E-state index is 12.7. The van der Waals surface area contributed by atoms with E-state index in [0.29, 0.717) is 10.7 Å². The van der Waals surface area contributed by atoms with Gasteiger partial charge in [-0.2, -0.15) is 0 Å². The lowest BCUT2D eigenvalue weighted by molar-refractivity contribution is -0.384. The molecule has 0 saturated carbocycles. The molecular weight excluding hydrogens is 405 g/mol. The van der Waals surface area contributed by atoms with E-state index in [1.807, 2.05) is 6.92 Å². The van der Waals surface area contributed by atoms with Crippen molar-refractivity contribution in [1.82, 2.24) is 5.32 Å². The molecule has 0 saturated heterocycles. The first-order valence-electron chi connectivity index (χ1n) is 8.42. The molecule has 2 aromatic rings. The highest BCUT2D eigenvalue weighted by Crippen LogP contribution is 2.23. The lowest BCUT2D eigenvalue weighted by Gasteiger charge is -2.22. The van der Waals surface area contributed by atoms with E-state index in [0.717, 1.165) is 11.6 Å². The predicted molar refractivity (Wildman–Crippen MR) is 109 cm³/mol. The van der Waals surface area contributed by atoms with Crippen molar-refractivity contribution >= 4 is 46.4 Å². The van der Waals surface area contributed by atoms with Crippen LogP contribution in [0.5, 0.6) is 0 Å². The zero-order valence-corrected chi connectivity index (χ0v) is 17.0. The van der Waals surface area contributed by atoms with E-state index in [1.54, 1.807) is 32.0 Å². The second kappa shape index (κ2) is 9.03. The van der Waals surface area contributed by atoms with Crippen molar-refractivity contribution in [1.29, 1.82) is 0 Å². The van der Waals surface area contributed by atoms with E-state index in [2.05, 4.69) is 10.6 Å². The molecule has 0 heterocycles. The van der Waals surface area contributed by atoms with Crippen LogP contribution in [-0.4, -0.2) is 22.8 Å². The summed E-state index contributed by atoms with van der Waals surface area (Å²) in [7, 11) is 0. The van der Waals surface area contributed by atoms with Gasteiger partial charge in [0.25, 0.3) is 11.6 Å². The highest BCUT2D eigenvalue weighted by molar-refractivity contribution is 6.34. The number of nitro groups is 1. The maximum atomic E-state index is 12.7. The molecule has 0 aliphatic rings. The molecule has 2 N–H and O–H groups in total. The van der Waals surface area contributed by atoms with Crippen molar-refractivity contribution in [3.05, 3.63) is 67.7 Å². The number of nitrogens with zero attached hydrogens (tertiary/aromatic N) is 1. The van der Waals surface area contributed by atoms with Gasteiger partial charge in [0.1, 0.15) is 6.04 Å². The lowest BCUT2D eigenvalue weighted by Crippen LogP contribution is -2.47. The van der Waals surface area contributed by atoms with Crippen LogP contribution in [0.1, 0.15) is 29.8 Å². The molecule has 0 aromatic heterocycles. The van der Waals surface area contributed by atoms with Crippen molar-refractivity contribution in [3.8, 4) is 0 Å². The predicted octanol–water partition coefficient (Wildman–Crippen LogP) is 4.60.